The zero-order valence-corrected chi connectivity index (χ0v) is 22.7. The van der Waals surface area contributed by atoms with Gasteiger partial charge < -0.3 is 15.4 Å². The highest BCUT2D eigenvalue weighted by molar-refractivity contribution is 7.19. The van der Waals surface area contributed by atoms with Crippen molar-refractivity contribution in [3.63, 3.8) is 0 Å². The van der Waals surface area contributed by atoms with Gasteiger partial charge in [0.25, 0.3) is 0 Å². The summed E-state index contributed by atoms with van der Waals surface area (Å²) in [4.78, 5) is 34.7. The number of primary amides is 1. The lowest BCUT2D eigenvalue weighted by molar-refractivity contribution is -0.129. The minimum absolute atomic E-state index is 0.276. The second-order valence-corrected chi connectivity index (χ2v) is 11.6. The number of morpholine rings is 1. The van der Waals surface area contributed by atoms with Crippen LogP contribution in [0.3, 0.4) is 0 Å². The number of rotatable bonds is 6. The molecule has 0 aliphatic carbocycles. The van der Waals surface area contributed by atoms with Crippen LogP contribution in [-0.4, -0.2) is 88.7 Å². The van der Waals surface area contributed by atoms with Crippen molar-refractivity contribution in [2.75, 3.05) is 57.4 Å². The summed E-state index contributed by atoms with van der Waals surface area (Å²) < 4.78 is 6.75. The molecule has 1 amide bonds. The molecule has 0 radical (unpaired) electrons. The minimum atomic E-state index is -0.625. The number of piperazine rings is 1. The maximum absolute atomic E-state index is 11.9. The van der Waals surface area contributed by atoms with Gasteiger partial charge in [-0.05, 0) is 31.4 Å². The van der Waals surface area contributed by atoms with E-state index in [0.717, 1.165) is 84.0 Å². The molecule has 198 valence electrons. The quantitative estimate of drug-likeness (QED) is 0.405. The standard InChI is InChI=1S/C28H33N7O2S/c1-28(2,27(29)36)35-10-8-33(9-11-35)18-20-16-23-24(38-20)26(34-12-14-37-15-13-34)32-25(31-23)21-5-3-4-19-6-7-30-17-22(19)21/h3-7,16-17H,8-15,18H2,1-2H3,(H2,29,36). The molecule has 2 aliphatic heterocycles. The minimum Gasteiger partial charge on any atom is -0.378 e. The molecule has 2 saturated heterocycles. The number of nitrogens with two attached hydrogens (primary N) is 1. The summed E-state index contributed by atoms with van der Waals surface area (Å²) in [5.74, 6) is 1.44. The van der Waals surface area contributed by atoms with E-state index in [1.807, 2.05) is 32.3 Å². The topological polar surface area (TPSA) is 101 Å². The molecule has 0 unspecified atom stereocenters. The number of pyridine rings is 1. The number of benzene rings is 1. The first-order valence-electron chi connectivity index (χ1n) is 13.1. The number of hydrogen-bond acceptors (Lipinski definition) is 9. The van der Waals surface area contributed by atoms with Gasteiger partial charge in [0, 0.05) is 74.0 Å². The number of thiophene rings is 1. The summed E-state index contributed by atoms with van der Waals surface area (Å²) in [6.45, 7) is 11.1. The highest BCUT2D eigenvalue weighted by Crippen LogP contribution is 2.36. The second kappa shape index (κ2) is 10.2. The van der Waals surface area contributed by atoms with Crippen LogP contribution in [0.15, 0.2) is 42.7 Å². The number of amides is 1. The van der Waals surface area contributed by atoms with Gasteiger partial charge in [0.05, 0.1) is 29.0 Å². The van der Waals surface area contributed by atoms with E-state index in [1.54, 1.807) is 11.3 Å². The summed E-state index contributed by atoms with van der Waals surface area (Å²) in [6.07, 6.45) is 3.71. The molecule has 2 fully saturated rings. The number of nitrogens with zero attached hydrogens (tertiary/aromatic N) is 6. The van der Waals surface area contributed by atoms with Crippen LogP contribution < -0.4 is 10.6 Å². The van der Waals surface area contributed by atoms with Gasteiger partial charge in [0.1, 0.15) is 0 Å². The van der Waals surface area contributed by atoms with Crippen molar-refractivity contribution < 1.29 is 9.53 Å². The van der Waals surface area contributed by atoms with Gasteiger partial charge in [-0.3, -0.25) is 19.6 Å². The first-order valence-corrected chi connectivity index (χ1v) is 14.0. The van der Waals surface area contributed by atoms with E-state index in [-0.39, 0.29) is 5.91 Å². The lowest BCUT2D eigenvalue weighted by Gasteiger charge is -2.42. The van der Waals surface area contributed by atoms with E-state index in [2.05, 4.69) is 43.9 Å². The van der Waals surface area contributed by atoms with Crippen molar-refractivity contribution in [2.45, 2.75) is 25.9 Å². The molecular formula is C28H33N7O2S. The molecule has 0 bridgehead atoms. The number of ether oxygens (including phenoxy) is 1. The van der Waals surface area contributed by atoms with Gasteiger partial charge in [0.15, 0.2) is 11.6 Å². The van der Waals surface area contributed by atoms with Crippen LogP contribution in [0.5, 0.6) is 0 Å². The fraction of sp³-hybridized carbons (Fsp3) is 0.429. The van der Waals surface area contributed by atoms with Gasteiger partial charge in [-0.1, -0.05) is 18.2 Å². The molecular weight excluding hydrogens is 498 g/mol. The largest absolute Gasteiger partial charge is 0.378 e. The maximum atomic E-state index is 11.9. The molecule has 2 N–H and O–H groups in total. The average molecular weight is 532 g/mol. The first kappa shape index (κ1) is 25.1. The Kier molecular flexibility index (Phi) is 6.73. The summed E-state index contributed by atoms with van der Waals surface area (Å²) in [7, 11) is 0. The molecule has 1 aromatic carbocycles. The Balaban J connectivity index is 1.32. The molecule has 0 atom stereocenters. The predicted octanol–water partition coefficient (Wildman–Crippen LogP) is 3.12. The highest BCUT2D eigenvalue weighted by atomic mass is 32.1. The molecule has 4 aromatic rings. The van der Waals surface area contributed by atoms with Gasteiger partial charge in [-0.2, -0.15) is 0 Å². The van der Waals surface area contributed by atoms with Crippen molar-refractivity contribution in [3.8, 4) is 11.4 Å². The molecule has 3 aromatic heterocycles. The zero-order valence-electron chi connectivity index (χ0n) is 21.9. The molecule has 9 nitrogen and oxygen atoms in total. The summed E-state index contributed by atoms with van der Waals surface area (Å²) in [5, 5.41) is 2.17. The summed E-state index contributed by atoms with van der Waals surface area (Å²) in [5.41, 5.74) is 6.99. The lowest BCUT2D eigenvalue weighted by Crippen LogP contribution is -2.59. The van der Waals surface area contributed by atoms with Crippen LogP contribution in [0.1, 0.15) is 18.7 Å². The van der Waals surface area contributed by atoms with Crippen LogP contribution in [-0.2, 0) is 16.1 Å². The Morgan fingerprint density at radius 3 is 2.63 bits per heavy atom. The Morgan fingerprint density at radius 2 is 1.87 bits per heavy atom. The fourth-order valence-electron chi connectivity index (χ4n) is 5.30. The van der Waals surface area contributed by atoms with Crippen LogP contribution in [0.25, 0.3) is 32.4 Å². The molecule has 5 heterocycles. The molecule has 0 saturated carbocycles. The Hall–Kier alpha value is -3.18. The number of anilines is 1. The fourth-order valence-corrected chi connectivity index (χ4v) is 6.46. The van der Waals surface area contributed by atoms with Crippen molar-refractivity contribution in [2.24, 2.45) is 5.73 Å². The number of aromatic nitrogens is 3. The third-order valence-corrected chi connectivity index (χ3v) is 8.89. The highest BCUT2D eigenvalue weighted by Gasteiger charge is 2.34. The third kappa shape index (κ3) is 4.73. The van der Waals surface area contributed by atoms with Crippen molar-refractivity contribution in [3.05, 3.63) is 47.6 Å². The Morgan fingerprint density at radius 1 is 1.08 bits per heavy atom. The number of hydrogen-bond donors (Lipinski definition) is 1. The van der Waals surface area contributed by atoms with E-state index in [0.29, 0.717) is 13.2 Å². The van der Waals surface area contributed by atoms with Crippen LogP contribution in [0.4, 0.5) is 5.82 Å². The normalized spacial score (nSPS) is 17.9. The van der Waals surface area contributed by atoms with E-state index >= 15 is 0 Å². The van der Waals surface area contributed by atoms with Crippen LogP contribution in [0, 0.1) is 0 Å². The summed E-state index contributed by atoms with van der Waals surface area (Å²) >= 11 is 1.78. The predicted molar refractivity (Wildman–Crippen MR) is 151 cm³/mol. The van der Waals surface area contributed by atoms with Gasteiger partial charge in [-0.15, -0.1) is 11.3 Å². The Labute approximate surface area is 226 Å². The number of carbonyl (C=O) groups is 1. The smallest absolute Gasteiger partial charge is 0.237 e. The van der Waals surface area contributed by atoms with Crippen molar-refractivity contribution in [1.29, 1.82) is 0 Å². The Bertz CT molecular complexity index is 1470. The molecule has 10 heteroatoms. The molecule has 6 rings (SSSR count). The zero-order chi connectivity index (χ0) is 26.3. The van der Waals surface area contributed by atoms with Gasteiger partial charge in [0.2, 0.25) is 5.91 Å². The van der Waals surface area contributed by atoms with Crippen LogP contribution in [0.2, 0.25) is 0 Å². The van der Waals surface area contributed by atoms with Crippen LogP contribution >= 0.6 is 11.3 Å². The van der Waals surface area contributed by atoms with E-state index in [1.165, 1.54) is 4.88 Å². The third-order valence-electron chi connectivity index (χ3n) is 7.79. The SMILES string of the molecule is CC(C)(C(N)=O)N1CCN(Cc2cc3nc(-c4cccc5ccncc45)nc(N4CCOCC4)c3s2)CC1. The lowest BCUT2D eigenvalue weighted by atomic mass is 10.0. The van der Waals surface area contributed by atoms with Crippen molar-refractivity contribution >= 4 is 44.1 Å². The van der Waals surface area contributed by atoms with Gasteiger partial charge in [-0.25, -0.2) is 9.97 Å². The average Bonchev–Trinajstić information content (AvgIpc) is 3.35. The van der Waals surface area contributed by atoms with Gasteiger partial charge >= 0.3 is 0 Å². The van der Waals surface area contributed by atoms with Crippen molar-refractivity contribution in [1.82, 2.24) is 24.8 Å². The maximum Gasteiger partial charge on any atom is 0.237 e. The summed E-state index contributed by atoms with van der Waals surface area (Å²) in [6, 6.07) is 10.5. The molecule has 0 spiro atoms. The number of carbonyl (C=O) groups excluding carboxylic acids is 1. The second-order valence-electron chi connectivity index (χ2n) is 10.5. The number of fused-ring (bicyclic) bond motifs is 2. The first-order chi connectivity index (χ1) is 18.4. The molecule has 38 heavy (non-hydrogen) atoms. The molecule has 2 aliphatic rings. The van der Waals surface area contributed by atoms with E-state index in [4.69, 9.17) is 20.4 Å². The van der Waals surface area contributed by atoms with E-state index in [9.17, 15) is 4.79 Å². The monoisotopic (exact) mass is 531 g/mol. The van der Waals surface area contributed by atoms with E-state index < -0.39 is 5.54 Å².